The van der Waals surface area contributed by atoms with E-state index in [4.69, 9.17) is 11.5 Å². The van der Waals surface area contributed by atoms with Crippen molar-refractivity contribution >= 4 is 0 Å². The van der Waals surface area contributed by atoms with Crippen LogP contribution in [0.25, 0.3) is 0 Å². The van der Waals surface area contributed by atoms with Crippen LogP contribution in [-0.2, 0) is 0 Å². The van der Waals surface area contributed by atoms with E-state index < -0.39 is 0 Å². The number of hydrogen-bond donors (Lipinski definition) is 2. The highest BCUT2D eigenvalue weighted by Gasteiger charge is 1.89. The lowest BCUT2D eigenvalue weighted by atomic mass is 10.1. The Balaban J connectivity index is 0. The van der Waals surface area contributed by atoms with Gasteiger partial charge in [-0.2, -0.15) is 0 Å². The van der Waals surface area contributed by atoms with Crippen molar-refractivity contribution in [3.05, 3.63) is 0 Å². The summed E-state index contributed by atoms with van der Waals surface area (Å²) in [5, 5.41) is 0. The highest BCUT2D eigenvalue weighted by atomic mass is 14.5. The molecule has 0 radical (unpaired) electrons. The fourth-order valence-corrected chi connectivity index (χ4v) is 2.20. The Hall–Kier alpha value is -0.0800. The van der Waals surface area contributed by atoms with Gasteiger partial charge in [0.2, 0.25) is 0 Å². The highest BCUT2D eigenvalue weighted by Crippen LogP contribution is 2.07. The van der Waals surface area contributed by atoms with Gasteiger partial charge in [0.15, 0.2) is 0 Å². The summed E-state index contributed by atoms with van der Waals surface area (Å²) in [4.78, 5) is 0. The lowest BCUT2D eigenvalue weighted by molar-refractivity contribution is 0.578. The van der Waals surface area contributed by atoms with Crippen molar-refractivity contribution in [1.82, 2.24) is 0 Å². The number of nitrogens with two attached hydrogens (primary N) is 2. The van der Waals surface area contributed by atoms with Crippen LogP contribution in [-0.4, -0.2) is 13.1 Å². The van der Waals surface area contributed by atoms with Gasteiger partial charge in [-0.1, -0.05) is 90.9 Å². The standard InChI is InChI=1S/C10H23N.C8H19N/c1-2-3-4-5-6-7-8-9-10-11;1-2-3-4-5-6-7-8-9/h2-11H2,1H3;2-9H2,1H3. The van der Waals surface area contributed by atoms with Crippen molar-refractivity contribution in [2.24, 2.45) is 11.5 Å². The zero-order chi connectivity index (χ0) is 15.3. The summed E-state index contributed by atoms with van der Waals surface area (Å²) in [6.45, 7) is 6.23. The number of rotatable bonds is 14. The molecule has 0 spiro atoms. The van der Waals surface area contributed by atoms with Gasteiger partial charge in [-0.25, -0.2) is 0 Å². The van der Waals surface area contributed by atoms with E-state index in [1.165, 1.54) is 89.9 Å². The average Bonchev–Trinajstić information content (AvgIpc) is 2.47. The quantitative estimate of drug-likeness (QED) is 0.420. The average molecular weight is 287 g/mol. The van der Waals surface area contributed by atoms with Gasteiger partial charge in [-0.05, 0) is 25.9 Å². The first-order valence-corrected chi connectivity index (χ1v) is 9.23. The molecule has 0 aromatic rings. The lowest BCUT2D eigenvalue weighted by Gasteiger charge is -1.99. The van der Waals surface area contributed by atoms with Crippen LogP contribution in [0.5, 0.6) is 0 Å². The summed E-state index contributed by atoms with van der Waals surface area (Å²) in [6.07, 6.45) is 19.0. The third-order valence-electron chi connectivity index (χ3n) is 3.62. The maximum atomic E-state index is 5.39. The second-order valence-corrected chi connectivity index (χ2v) is 5.82. The summed E-state index contributed by atoms with van der Waals surface area (Å²) in [5.41, 5.74) is 10.7. The fourth-order valence-electron chi connectivity index (χ4n) is 2.20. The maximum absolute atomic E-state index is 5.39. The van der Waals surface area contributed by atoms with E-state index in [2.05, 4.69) is 13.8 Å². The van der Waals surface area contributed by atoms with Crippen LogP contribution in [0.15, 0.2) is 0 Å². The zero-order valence-electron chi connectivity index (χ0n) is 14.5. The smallest absolute Gasteiger partial charge is 0.00773 e. The summed E-state index contributed by atoms with van der Waals surface area (Å²) >= 11 is 0. The second-order valence-electron chi connectivity index (χ2n) is 5.82. The van der Waals surface area contributed by atoms with E-state index in [0.29, 0.717) is 0 Å². The summed E-state index contributed by atoms with van der Waals surface area (Å²) in [6, 6.07) is 0. The van der Waals surface area contributed by atoms with Crippen LogP contribution >= 0.6 is 0 Å². The van der Waals surface area contributed by atoms with Crippen molar-refractivity contribution in [3.8, 4) is 0 Å². The van der Waals surface area contributed by atoms with Crippen LogP contribution in [0.4, 0.5) is 0 Å². The summed E-state index contributed by atoms with van der Waals surface area (Å²) in [7, 11) is 0. The van der Waals surface area contributed by atoms with Gasteiger partial charge < -0.3 is 11.5 Å². The normalized spacial score (nSPS) is 10.2. The molecule has 124 valence electrons. The molecule has 0 saturated carbocycles. The molecule has 0 atom stereocenters. The Labute approximate surface area is 129 Å². The topological polar surface area (TPSA) is 52.0 Å². The van der Waals surface area contributed by atoms with Crippen molar-refractivity contribution in [2.75, 3.05) is 13.1 Å². The molecule has 0 rings (SSSR count). The molecule has 0 unspecified atom stereocenters. The SMILES string of the molecule is CCCCCCCCCCN.CCCCCCCCN. The molecule has 0 aromatic carbocycles. The molecule has 0 heterocycles. The molecular formula is C18H42N2. The molecule has 4 N–H and O–H groups in total. The zero-order valence-corrected chi connectivity index (χ0v) is 14.5. The van der Waals surface area contributed by atoms with E-state index in [-0.39, 0.29) is 0 Å². The Bertz CT molecular complexity index is 123. The van der Waals surface area contributed by atoms with Gasteiger partial charge in [-0.3, -0.25) is 0 Å². The molecule has 0 aliphatic rings. The van der Waals surface area contributed by atoms with Crippen molar-refractivity contribution in [1.29, 1.82) is 0 Å². The molecule has 0 aromatic heterocycles. The van der Waals surface area contributed by atoms with Crippen molar-refractivity contribution < 1.29 is 0 Å². The molecule has 2 heteroatoms. The predicted molar refractivity (Wildman–Crippen MR) is 94.1 cm³/mol. The molecule has 0 amide bonds. The van der Waals surface area contributed by atoms with Crippen molar-refractivity contribution in [2.45, 2.75) is 104 Å². The first-order valence-electron chi connectivity index (χ1n) is 9.23. The third-order valence-corrected chi connectivity index (χ3v) is 3.62. The highest BCUT2D eigenvalue weighted by molar-refractivity contribution is 4.45. The Morgan fingerprint density at radius 1 is 0.400 bits per heavy atom. The summed E-state index contributed by atoms with van der Waals surface area (Å²) in [5.74, 6) is 0. The van der Waals surface area contributed by atoms with Crippen LogP contribution in [0, 0.1) is 0 Å². The van der Waals surface area contributed by atoms with Gasteiger partial charge in [0.25, 0.3) is 0 Å². The minimum absolute atomic E-state index is 0.867. The van der Waals surface area contributed by atoms with Crippen LogP contribution in [0.2, 0.25) is 0 Å². The predicted octanol–water partition coefficient (Wildman–Crippen LogP) is 5.39. The van der Waals surface area contributed by atoms with Crippen molar-refractivity contribution in [3.63, 3.8) is 0 Å². The molecule has 0 aliphatic carbocycles. The van der Waals surface area contributed by atoms with Crippen LogP contribution in [0.3, 0.4) is 0 Å². The number of hydrogen-bond acceptors (Lipinski definition) is 2. The van der Waals surface area contributed by atoms with E-state index in [9.17, 15) is 0 Å². The van der Waals surface area contributed by atoms with Gasteiger partial charge in [0.1, 0.15) is 0 Å². The molecule has 0 aliphatic heterocycles. The van der Waals surface area contributed by atoms with Gasteiger partial charge in [0.05, 0.1) is 0 Å². The first-order chi connectivity index (χ1) is 9.83. The van der Waals surface area contributed by atoms with E-state index >= 15 is 0 Å². The Kier molecular flexibility index (Phi) is 26.6. The maximum Gasteiger partial charge on any atom is -0.00773 e. The minimum Gasteiger partial charge on any atom is -0.330 e. The molecule has 0 saturated heterocycles. The molecular weight excluding hydrogens is 244 g/mol. The van der Waals surface area contributed by atoms with Crippen LogP contribution < -0.4 is 11.5 Å². The molecule has 2 nitrogen and oxygen atoms in total. The largest absolute Gasteiger partial charge is 0.330 e. The van der Waals surface area contributed by atoms with Gasteiger partial charge in [-0.15, -0.1) is 0 Å². The molecule has 0 fully saturated rings. The van der Waals surface area contributed by atoms with E-state index in [1.807, 2.05) is 0 Å². The van der Waals surface area contributed by atoms with Gasteiger partial charge in [0, 0.05) is 0 Å². The minimum atomic E-state index is 0.867. The van der Waals surface area contributed by atoms with E-state index in [0.717, 1.165) is 13.1 Å². The molecule has 20 heavy (non-hydrogen) atoms. The first kappa shape index (κ1) is 22.2. The number of unbranched alkanes of at least 4 members (excludes halogenated alkanes) is 12. The van der Waals surface area contributed by atoms with E-state index in [1.54, 1.807) is 0 Å². The lowest BCUT2D eigenvalue weighted by Crippen LogP contribution is -1.97. The monoisotopic (exact) mass is 286 g/mol. The third kappa shape index (κ3) is 26.5. The molecule has 0 bridgehead atoms. The van der Waals surface area contributed by atoms with Gasteiger partial charge >= 0.3 is 0 Å². The summed E-state index contributed by atoms with van der Waals surface area (Å²) < 4.78 is 0. The fraction of sp³-hybridized carbons (Fsp3) is 1.00. The Morgan fingerprint density at radius 3 is 0.900 bits per heavy atom. The second kappa shape index (κ2) is 24.0. The Morgan fingerprint density at radius 2 is 0.650 bits per heavy atom. The van der Waals surface area contributed by atoms with Crippen LogP contribution in [0.1, 0.15) is 104 Å².